The highest BCUT2D eigenvalue weighted by molar-refractivity contribution is 5.86. The molecule has 0 saturated heterocycles. The monoisotopic (exact) mass is 441 g/mol. The van der Waals surface area contributed by atoms with Gasteiger partial charge in [-0.05, 0) is 60.9 Å². The van der Waals surface area contributed by atoms with Gasteiger partial charge in [0.05, 0.1) is 17.9 Å². The largest absolute Gasteiger partial charge is 0.465 e. The van der Waals surface area contributed by atoms with Gasteiger partial charge in [-0.15, -0.1) is 0 Å². The maximum absolute atomic E-state index is 13.0. The third-order valence-corrected chi connectivity index (χ3v) is 6.05. The first kappa shape index (κ1) is 22.6. The molecule has 5 heteroatoms. The van der Waals surface area contributed by atoms with Gasteiger partial charge in [0.1, 0.15) is 5.82 Å². The van der Waals surface area contributed by atoms with Crippen molar-refractivity contribution < 1.29 is 9.53 Å². The van der Waals surface area contributed by atoms with Crippen molar-refractivity contribution in [2.45, 2.75) is 39.5 Å². The summed E-state index contributed by atoms with van der Waals surface area (Å²) in [7, 11) is 0. The second kappa shape index (κ2) is 9.90. The Balaban J connectivity index is 1.57. The molecule has 0 bridgehead atoms. The van der Waals surface area contributed by atoms with E-state index in [0.717, 1.165) is 35.6 Å². The van der Waals surface area contributed by atoms with Crippen molar-refractivity contribution in [1.82, 2.24) is 9.97 Å². The van der Waals surface area contributed by atoms with Crippen molar-refractivity contribution in [3.63, 3.8) is 0 Å². The summed E-state index contributed by atoms with van der Waals surface area (Å²) >= 11 is 0. The van der Waals surface area contributed by atoms with Gasteiger partial charge in [-0.1, -0.05) is 55.8 Å². The second-order valence-electron chi connectivity index (χ2n) is 8.93. The number of ether oxygens (including phenoxy) is 1. The third-order valence-electron chi connectivity index (χ3n) is 6.05. The van der Waals surface area contributed by atoms with E-state index in [4.69, 9.17) is 4.74 Å². The van der Waals surface area contributed by atoms with Crippen LogP contribution in [0.4, 0.5) is 11.4 Å². The molecule has 0 fully saturated rings. The highest BCUT2D eigenvalue weighted by Gasteiger charge is 2.41. The van der Waals surface area contributed by atoms with Crippen LogP contribution >= 0.6 is 0 Å². The quantitative estimate of drug-likeness (QED) is 0.221. The number of nitrogens with one attached hydrogen (secondary N) is 2. The minimum atomic E-state index is -0.779. The lowest BCUT2D eigenvalue weighted by Crippen LogP contribution is -2.34. The summed E-state index contributed by atoms with van der Waals surface area (Å²) in [5, 5.41) is 5.89. The molecule has 0 aliphatic rings. The van der Waals surface area contributed by atoms with E-state index in [9.17, 15) is 4.79 Å². The minimum Gasteiger partial charge on any atom is -0.465 e. The maximum Gasteiger partial charge on any atom is 0.312 e. The fourth-order valence-corrected chi connectivity index (χ4v) is 4.16. The van der Waals surface area contributed by atoms with Gasteiger partial charge < -0.3 is 15.0 Å². The molecule has 5 nitrogen and oxygen atoms in total. The average molecular weight is 442 g/mol. The first-order chi connectivity index (χ1) is 16.0. The Labute approximate surface area is 195 Å². The molecular weight excluding hydrogens is 410 g/mol. The zero-order valence-electron chi connectivity index (χ0n) is 19.5. The van der Waals surface area contributed by atoms with Crippen LogP contribution in [0.15, 0.2) is 79.1 Å². The maximum atomic E-state index is 13.0. The van der Waals surface area contributed by atoms with Crippen molar-refractivity contribution in [2.75, 3.05) is 11.9 Å². The van der Waals surface area contributed by atoms with Gasteiger partial charge >= 0.3 is 5.97 Å². The molecule has 2 N–H and O–H groups in total. The number of unbranched alkanes of at least 4 members (excludes halogenated alkanes) is 1. The molecule has 170 valence electrons. The molecule has 0 aliphatic carbocycles. The number of rotatable bonds is 9. The van der Waals surface area contributed by atoms with E-state index in [2.05, 4.69) is 64.7 Å². The Morgan fingerprint density at radius 2 is 1.76 bits per heavy atom. The number of hydrogen-bond acceptors (Lipinski definition) is 4. The van der Waals surface area contributed by atoms with Gasteiger partial charge in [0.25, 0.3) is 0 Å². The van der Waals surface area contributed by atoms with Crippen LogP contribution in [0.2, 0.25) is 0 Å². The summed E-state index contributed by atoms with van der Waals surface area (Å²) in [6.45, 7) is 6.38. The van der Waals surface area contributed by atoms with Crippen LogP contribution in [-0.2, 0) is 9.53 Å². The summed E-state index contributed by atoms with van der Waals surface area (Å²) in [6.07, 6.45) is 5.36. The number of aromatic nitrogens is 2. The second-order valence-corrected chi connectivity index (χ2v) is 8.93. The molecule has 1 unspecified atom stereocenters. The molecular formula is C28H31N3O2. The van der Waals surface area contributed by atoms with Crippen molar-refractivity contribution in [1.29, 1.82) is 0 Å². The Kier molecular flexibility index (Phi) is 6.78. The lowest BCUT2D eigenvalue weighted by Gasteiger charge is -2.31. The number of H-pyrrole nitrogens is 1. The number of hydrogen-bond donors (Lipinski definition) is 2. The number of carbonyl (C=O) groups is 1. The standard InChI is InChI=1S/C28H31N3O2/c1-4-5-18-33-27(32)28(2,3)25(26-29-16-17-30-26)21-11-13-23(14-12-21)31-24-15-10-20-8-6-7-9-22(20)19-24/h6-17,19,25,31H,4-5,18H2,1-3H3,(H,29,30). The van der Waals surface area contributed by atoms with Crippen molar-refractivity contribution >= 4 is 28.1 Å². The zero-order valence-corrected chi connectivity index (χ0v) is 19.5. The fraction of sp³-hybridized carbons (Fsp3) is 0.286. The number of esters is 1. The highest BCUT2D eigenvalue weighted by atomic mass is 16.5. The van der Waals surface area contributed by atoms with E-state index < -0.39 is 5.41 Å². The Bertz CT molecular complexity index is 1200. The molecule has 0 spiro atoms. The van der Waals surface area contributed by atoms with Crippen LogP contribution in [0.1, 0.15) is 50.9 Å². The van der Waals surface area contributed by atoms with Gasteiger partial charge in [-0.2, -0.15) is 0 Å². The predicted octanol–water partition coefficient (Wildman–Crippen LogP) is 6.81. The number of fused-ring (bicyclic) bond motifs is 1. The number of carbonyl (C=O) groups excluding carboxylic acids is 1. The topological polar surface area (TPSA) is 67.0 Å². The first-order valence-corrected chi connectivity index (χ1v) is 11.5. The van der Waals surface area contributed by atoms with E-state index in [1.54, 1.807) is 12.4 Å². The molecule has 0 radical (unpaired) electrons. The number of anilines is 2. The smallest absolute Gasteiger partial charge is 0.312 e. The summed E-state index contributed by atoms with van der Waals surface area (Å²) < 4.78 is 5.59. The zero-order chi connectivity index (χ0) is 23.3. The number of imidazole rings is 1. The van der Waals surface area contributed by atoms with E-state index in [-0.39, 0.29) is 11.9 Å². The summed E-state index contributed by atoms with van der Waals surface area (Å²) in [5.41, 5.74) is 2.24. The Morgan fingerprint density at radius 1 is 1.03 bits per heavy atom. The van der Waals surface area contributed by atoms with Crippen LogP contribution in [0.25, 0.3) is 10.8 Å². The number of aromatic amines is 1. The van der Waals surface area contributed by atoms with Crippen molar-refractivity contribution in [3.8, 4) is 0 Å². The van der Waals surface area contributed by atoms with Crippen molar-refractivity contribution in [2.24, 2.45) is 5.41 Å². The average Bonchev–Trinajstić information content (AvgIpc) is 3.34. The first-order valence-electron chi connectivity index (χ1n) is 11.5. The lowest BCUT2D eigenvalue weighted by atomic mass is 9.74. The van der Waals surface area contributed by atoms with Gasteiger partial charge in [0, 0.05) is 23.8 Å². The molecule has 3 aromatic carbocycles. The fourth-order valence-electron chi connectivity index (χ4n) is 4.16. The summed E-state index contributed by atoms with van der Waals surface area (Å²) in [4.78, 5) is 20.7. The van der Waals surface area contributed by atoms with Crippen LogP contribution in [0.5, 0.6) is 0 Å². The van der Waals surface area contributed by atoms with Crippen LogP contribution < -0.4 is 5.32 Å². The summed E-state index contributed by atoms with van der Waals surface area (Å²) in [6, 6.07) is 22.8. The Hall–Kier alpha value is -3.60. The van der Waals surface area contributed by atoms with E-state index in [1.165, 1.54) is 10.8 Å². The summed E-state index contributed by atoms with van der Waals surface area (Å²) in [5.74, 6) is 0.287. The third kappa shape index (κ3) is 5.08. The van der Waals surface area contributed by atoms with E-state index >= 15 is 0 Å². The van der Waals surface area contributed by atoms with Gasteiger partial charge in [0.15, 0.2) is 0 Å². The van der Waals surface area contributed by atoms with Crippen LogP contribution in [-0.4, -0.2) is 22.5 Å². The van der Waals surface area contributed by atoms with Gasteiger partial charge in [-0.3, -0.25) is 4.79 Å². The minimum absolute atomic E-state index is 0.212. The molecule has 1 atom stereocenters. The molecule has 1 heterocycles. The molecule has 4 aromatic rings. The molecule has 4 rings (SSSR count). The van der Waals surface area contributed by atoms with E-state index in [1.807, 2.05) is 38.1 Å². The normalized spacial score (nSPS) is 12.5. The molecule has 1 aromatic heterocycles. The molecule has 33 heavy (non-hydrogen) atoms. The molecule has 0 saturated carbocycles. The van der Waals surface area contributed by atoms with E-state index in [0.29, 0.717) is 6.61 Å². The SMILES string of the molecule is CCCCOC(=O)C(C)(C)C(c1ccc(Nc2ccc3ccccc3c2)cc1)c1ncc[nH]1. The molecule has 0 aliphatic heterocycles. The van der Waals surface area contributed by atoms with Gasteiger partial charge in [-0.25, -0.2) is 4.98 Å². The number of nitrogens with zero attached hydrogens (tertiary/aromatic N) is 1. The van der Waals surface area contributed by atoms with Crippen molar-refractivity contribution in [3.05, 3.63) is 90.5 Å². The van der Waals surface area contributed by atoms with Crippen LogP contribution in [0.3, 0.4) is 0 Å². The van der Waals surface area contributed by atoms with Gasteiger partial charge in [0.2, 0.25) is 0 Å². The predicted molar refractivity (Wildman–Crippen MR) is 134 cm³/mol. The lowest BCUT2D eigenvalue weighted by molar-refractivity contribution is -0.155. The Morgan fingerprint density at radius 3 is 2.45 bits per heavy atom. The molecule has 0 amide bonds. The number of benzene rings is 3. The van der Waals surface area contributed by atoms with Crippen LogP contribution in [0, 0.1) is 5.41 Å². The highest BCUT2D eigenvalue weighted by Crippen LogP contribution is 2.41.